The average molecular weight is 440 g/mol. The fraction of sp³-hybridized carbons (Fsp3) is 0.273. The zero-order valence-electron chi connectivity index (χ0n) is 17.7. The quantitative estimate of drug-likeness (QED) is 0.497. The van der Waals surface area contributed by atoms with Gasteiger partial charge in [0.2, 0.25) is 11.8 Å². The number of nitrogens with zero attached hydrogens (tertiary/aromatic N) is 3. The van der Waals surface area contributed by atoms with Crippen molar-refractivity contribution in [2.75, 3.05) is 23.5 Å². The first-order valence-corrected chi connectivity index (χ1v) is 10.8. The molecule has 0 radical (unpaired) electrons. The van der Waals surface area contributed by atoms with Crippen molar-refractivity contribution in [3.05, 3.63) is 59.9 Å². The second kappa shape index (κ2) is 10.6. The standard InChI is InChI=1S/C22H25N5O3S/c1-4-15-7-5-6-8-18(15)24-20(28)13-19-25-26-22(27(19)2)31-14-21(29)23-16-9-11-17(30-3)12-10-16/h5-12H,4,13-14H2,1-3H3,(H,23,29)(H,24,28). The van der Waals surface area contributed by atoms with Crippen LogP contribution < -0.4 is 15.4 Å². The first kappa shape index (κ1) is 22.4. The molecule has 3 rings (SSSR count). The SMILES string of the molecule is CCc1ccccc1NC(=O)Cc1nnc(SCC(=O)Nc2ccc(OC)cc2)n1C. The number of methoxy groups -OCH3 is 1. The van der Waals surface area contributed by atoms with E-state index in [2.05, 4.69) is 20.8 Å². The van der Waals surface area contributed by atoms with Crippen LogP contribution in [0.4, 0.5) is 11.4 Å². The number of thioether (sulfide) groups is 1. The molecular formula is C22H25N5O3S. The normalized spacial score (nSPS) is 10.5. The lowest BCUT2D eigenvalue weighted by atomic mass is 10.1. The maximum atomic E-state index is 12.5. The molecule has 0 atom stereocenters. The van der Waals surface area contributed by atoms with E-state index in [-0.39, 0.29) is 24.0 Å². The predicted molar refractivity (Wildman–Crippen MR) is 122 cm³/mol. The van der Waals surface area contributed by atoms with E-state index in [0.29, 0.717) is 16.7 Å². The highest BCUT2D eigenvalue weighted by Crippen LogP contribution is 2.19. The molecule has 2 amide bonds. The smallest absolute Gasteiger partial charge is 0.234 e. The Labute approximate surface area is 185 Å². The average Bonchev–Trinajstić information content (AvgIpc) is 3.12. The monoisotopic (exact) mass is 439 g/mol. The van der Waals surface area contributed by atoms with Crippen molar-refractivity contribution in [1.82, 2.24) is 14.8 Å². The van der Waals surface area contributed by atoms with Crippen LogP contribution in [-0.4, -0.2) is 39.4 Å². The van der Waals surface area contributed by atoms with Gasteiger partial charge in [-0.3, -0.25) is 9.59 Å². The zero-order valence-corrected chi connectivity index (χ0v) is 18.5. The topological polar surface area (TPSA) is 98.1 Å². The molecule has 0 spiro atoms. The molecule has 31 heavy (non-hydrogen) atoms. The minimum atomic E-state index is -0.162. The molecule has 1 heterocycles. The van der Waals surface area contributed by atoms with Gasteiger partial charge in [-0.15, -0.1) is 10.2 Å². The van der Waals surface area contributed by atoms with Crippen LogP contribution in [-0.2, 0) is 29.5 Å². The van der Waals surface area contributed by atoms with Gasteiger partial charge in [0.25, 0.3) is 0 Å². The van der Waals surface area contributed by atoms with Gasteiger partial charge in [0, 0.05) is 18.4 Å². The van der Waals surface area contributed by atoms with Crippen LogP contribution in [0.25, 0.3) is 0 Å². The Kier molecular flexibility index (Phi) is 7.66. The third-order valence-corrected chi connectivity index (χ3v) is 5.64. The molecule has 0 aliphatic heterocycles. The summed E-state index contributed by atoms with van der Waals surface area (Å²) in [5, 5.41) is 14.5. The fourth-order valence-electron chi connectivity index (χ4n) is 2.91. The van der Waals surface area contributed by atoms with E-state index < -0.39 is 0 Å². The maximum absolute atomic E-state index is 12.5. The summed E-state index contributed by atoms with van der Waals surface area (Å²) in [4.78, 5) is 24.7. The fourth-order valence-corrected chi connectivity index (χ4v) is 3.64. The maximum Gasteiger partial charge on any atom is 0.234 e. The summed E-state index contributed by atoms with van der Waals surface area (Å²) in [7, 11) is 3.37. The molecule has 8 nitrogen and oxygen atoms in total. The Balaban J connectivity index is 1.53. The molecule has 0 saturated carbocycles. The zero-order chi connectivity index (χ0) is 22.2. The molecule has 9 heteroatoms. The highest BCUT2D eigenvalue weighted by Gasteiger charge is 2.15. The molecule has 0 saturated heterocycles. The van der Waals surface area contributed by atoms with Crippen LogP contribution >= 0.6 is 11.8 Å². The number of aryl methyl sites for hydroxylation is 1. The largest absolute Gasteiger partial charge is 0.497 e. The number of carbonyl (C=O) groups is 2. The number of carbonyl (C=O) groups excluding carboxylic acids is 2. The summed E-state index contributed by atoms with van der Waals surface area (Å²) >= 11 is 1.26. The molecule has 0 aliphatic carbocycles. The first-order valence-electron chi connectivity index (χ1n) is 9.83. The number of anilines is 2. The van der Waals surface area contributed by atoms with Gasteiger partial charge in [-0.2, -0.15) is 0 Å². The van der Waals surface area contributed by atoms with Crippen LogP contribution in [0.5, 0.6) is 5.75 Å². The Bertz CT molecular complexity index is 1050. The van der Waals surface area contributed by atoms with E-state index in [4.69, 9.17) is 4.74 Å². The van der Waals surface area contributed by atoms with E-state index in [0.717, 1.165) is 23.4 Å². The second-order valence-corrected chi connectivity index (χ2v) is 7.70. The molecule has 0 unspecified atom stereocenters. The minimum Gasteiger partial charge on any atom is -0.497 e. The van der Waals surface area contributed by atoms with Gasteiger partial charge in [-0.05, 0) is 42.3 Å². The van der Waals surface area contributed by atoms with Crippen molar-refractivity contribution >= 4 is 35.0 Å². The lowest BCUT2D eigenvalue weighted by Crippen LogP contribution is -2.18. The van der Waals surface area contributed by atoms with Crippen molar-refractivity contribution < 1.29 is 14.3 Å². The van der Waals surface area contributed by atoms with Crippen LogP contribution in [0.1, 0.15) is 18.3 Å². The number of amides is 2. The number of para-hydroxylation sites is 1. The minimum absolute atomic E-state index is 0.0974. The van der Waals surface area contributed by atoms with Crippen LogP contribution in [0.15, 0.2) is 53.7 Å². The van der Waals surface area contributed by atoms with E-state index in [1.165, 1.54) is 11.8 Å². The Morgan fingerprint density at radius 1 is 1.03 bits per heavy atom. The van der Waals surface area contributed by atoms with Crippen molar-refractivity contribution in [2.24, 2.45) is 7.05 Å². The van der Waals surface area contributed by atoms with Gasteiger partial charge in [0.1, 0.15) is 11.6 Å². The van der Waals surface area contributed by atoms with Gasteiger partial charge < -0.3 is 19.9 Å². The molecular weight excluding hydrogens is 414 g/mol. The molecule has 2 aromatic carbocycles. The molecule has 0 fully saturated rings. The van der Waals surface area contributed by atoms with E-state index in [1.807, 2.05) is 31.2 Å². The highest BCUT2D eigenvalue weighted by atomic mass is 32.2. The molecule has 3 aromatic rings. The Morgan fingerprint density at radius 3 is 2.48 bits per heavy atom. The summed E-state index contributed by atoms with van der Waals surface area (Å²) in [5.74, 6) is 1.11. The number of aromatic nitrogens is 3. The predicted octanol–water partition coefficient (Wildman–Crippen LogP) is 3.30. The third kappa shape index (κ3) is 6.08. The van der Waals surface area contributed by atoms with E-state index >= 15 is 0 Å². The van der Waals surface area contributed by atoms with Gasteiger partial charge in [0.15, 0.2) is 5.16 Å². The van der Waals surface area contributed by atoms with Crippen molar-refractivity contribution in [2.45, 2.75) is 24.9 Å². The summed E-state index contributed by atoms with van der Waals surface area (Å²) in [6.45, 7) is 2.04. The van der Waals surface area contributed by atoms with Gasteiger partial charge in [-0.1, -0.05) is 36.9 Å². The summed E-state index contributed by atoms with van der Waals surface area (Å²) in [5.41, 5.74) is 2.57. The van der Waals surface area contributed by atoms with Crippen LogP contribution in [0.2, 0.25) is 0 Å². The Hall–Kier alpha value is -3.33. The van der Waals surface area contributed by atoms with Gasteiger partial charge in [-0.25, -0.2) is 0 Å². The third-order valence-electron chi connectivity index (χ3n) is 4.62. The second-order valence-electron chi connectivity index (χ2n) is 6.76. The summed E-state index contributed by atoms with van der Waals surface area (Å²) in [6, 6.07) is 14.8. The first-order chi connectivity index (χ1) is 15.0. The Morgan fingerprint density at radius 2 is 1.77 bits per heavy atom. The molecule has 162 valence electrons. The summed E-state index contributed by atoms with van der Waals surface area (Å²) < 4.78 is 6.84. The number of benzene rings is 2. The number of nitrogens with one attached hydrogen (secondary N) is 2. The van der Waals surface area contributed by atoms with Gasteiger partial charge >= 0.3 is 0 Å². The number of hydrogen-bond acceptors (Lipinski definition) is 6. The lowest BCUT2D eigenvalue weighted by molar-refractivity contribution is -0.116. The van der Waals surface area contributed by atoms with E-state index in [9.17, 15) is 9.59 Å². The summed E-state index contributed by atoms with van der Waals surface area (Å²) in [6.07, 6.45) is 0.931. The molecule has 1 aromatic heterocycles. The van der Waals surface area contributed by atoms with Gasteiger partial charge in [0.05, 0.1) is 19.3 Å². The lowest BCUT2D eigenvalue weighted by Gasteiger charge is -2.09. The van der Waals surface area contributed by atoms with Crippen LogP contribution in [0, 0.1) is 0 Å². The van der Waals surface area contributed by atoms with Crippen molar-refractivity contribution in [3.8, 4) is 5.75 Å². The number of hydrogen-bond donors (Lipinski definition) is 2. The van der Waals surface area contributed by atoms with Crippen molar-refractivity contribution in [1.29, 1.82) is 0 Å². The number of rotatable bonds is 9. The number of ether oxygens (including phenoxy) is 1. The highest BCUT2D eigenvalue weighted by molar-refractivity contribution is 7.99. The van der Waals surface area contributed by atoms with Crippen molar-refractivity contribution in [3.63, 3.8) is 0 Å². The molecule has 0 bridgehead atoms. The molecule has 0 aliphatic rings. The molecule has 2 N–H and O–H groups in total. The van der Waals surface area contributed by atoms with E-state index in [1.54, 1.807) is 43.0 Å². The van der Waals surface area contributed by atoms with Crippen LogP contribution in [0.3, 0.4) is 0 Å².